The monoisotopic (exact) mass is 317 g/mol. The number of aromatic nitrogens is 1. The normalized spacial score (nSPS) is 16.6. The van der Waals surface area contributed by atoms with Gasteiger partial charge in [-0.25, -0.2) is 0 Å². The fourth-order valence-electron chi connectivity index (χ4n) is 2.15. The number of anilines is 2. The van der Waals surface area contributed by atoms with Gasteiger partial charge in [0, 0.05) is 24.5 Å². The average Bonchev–Trinajstić information content (AvgIpc) is 2.85. The molecule has 1 atom stereocenters. The molecule has 0 radical (unpaired) electrons. The number of hydrogen-bond acceptors (Lipinski definition) is 3. The van der Waals surface area contributed by atoms with Crippen LogP contribution in [-0.4, -0.2) is 16.9 Å². The number of amides is 1. The number of carbonyl (C=O) groups is 1. The molecule has 4 nitrogen and oxygen atoms in total. The summed E-state index contributed by atoms with van der Waals surface area (Å²) in [5.41, 5.74) is 2.95. The summed E-state index contributed by atoms with van der Waals surface area (Å²) in [6, 6.07) is 9.52. The Morgan fingerprint density at radius 1 is 1.37 bits per heavy atom. The van der Waals surface area contributed by atoms with E-state index in [-0.39, 0.29) is 11.9 Å². The lowest BCUT2D eigenvalue weighted by atomic mass is 10.1. The highest BCUT2D eigenvalue weighted by molar-refractivity contribution is 9.10. The van der Waals surface area contributed by atoms with Crippen LogP contribution < -0.4 is 10.6 Å². The highest BCUT2D eigenvalue weighted by Crippen LogP contribution is 2.26. The zero-order chi connectivity index (χ0) is 13.2. The lowest BCUT2D eigenvalue weighted by molar-refractivity contribution is -0.116. The van der Waals surface area contributed by atoms with E-state index in [0.717, 1.165) is 15.8 Å². The van der Waals surface area contributed by atoms with Crippen LogP contribution in [-0.2, 0) is 11.2 Å². The van der Waals surface area contributed by atoms with E-state index in [0.29, 0.717) is 6.42 Å². The topological polar surface area (TPSA) is 54.0 Å². The van der Waals surface area contributed by atoms with Crippen molar-refractivity contribution in [2.75, 3.05) is 10.6 Å². The van der Waals surface area contributed by atoms with Crippen molar-refractivity contribution in [3.63, 3.8) is 0 Å². The molecule has 0 saturated carbocycles. The summed E-state index contributed by atoms with van der Waals surface area (Å²) in [7, 11) is 0. The van der Waals surface area contributed by atoms with Gasteiger partial charge in [0.2, 0.25) is 5.91 Å². The average molecular weight is 318 g/mol. The molecular weight excluding hydrogens is 306 g/mol. The predicted octanol–water partition coefficient (Wildman–Crippen LogP) is 2.82. The van der Waals surface area contributed by atoms with Gasteiger partial charge < -0.3 is 10.6 Å². The molecule has 0 bridgehead atoms. The van der Waals surface area contributed by atoms with Crippen LogP contribution >= 0.6 is 15.9 Å². The Bertz CT molecular complexity index is 605. The number of rotatable bonds is 2. The number of para-hydroxylation sites is 1. The first kappa shape index (κ1) is 12.2. The molecule has 1 amide bonds. The van der Waals surface area contributed by atoms with Crippen LogP contribution in [0, 0.1) is 0 Å². The first-order valence-electron chi connectivity index (χ1n) is 5.99. The molecule has 0 aliphatic carbocycles. The second kappa shape index (κ2) is 5.01. The summed E-state index contributed by atoms with van der Waals surface area (Å²) < 4.78 is 0.777. The Morgan fingerprint density at radius 3 is 3.00 bits per heavy atom. The smallest absolute Gasteiger partial charge is 0.247 e. The number of benzene rings is 1. The van der Waals surface area contributed by atoms with E-state index in [1.54, 1.807) is 18.5 Å². The van der Waals surface area contributed by atoms with E-state index in [2.05, 4.69) is 31.5 Å². The molecule has 1 aromatic heterocycles. The van der Waals surface area contributed by atoms with Crippen molar-refractivity contribution in [2.45, 2.75) is 12.5 Å². The maximum atomic E-state index is 12.2. The van der Waals surface area contributed by atoms with Crippen LogP contribution in [0.3, 0.4) is 0 Å². The minimum absolute atomic E-state index is 0.0388. The fraction of sp³-hybridized carbons (Fsp3) is 0.143. The zero-order valence-electron chi connectivity index (χ0n) is 10.1. The second-order valence-corrected chi connectivity index (χ2v) is 5.26. The summed E-state index contributed by atoms with van der Waals surface area (Å²) in [5.74, 6) is -0.0388. The van der Waals surface area contributed by atoms with Crippen molar-refractivity contribution >= 4 is 33.2 Å². The van der Waals surface area contributed by atoms with E-state index in [4.69, 9.17) is 0 Å². The number of nitrogens with one attached hydrogen (secondary N) is 2. The molecule has 0 fully saturated rings. The molecule has 2 aromatic rings. The van der Waals surface area contributed by atoms with Gasteiger partial charge in [0.25, 0.3) is 0 Å². The third-order valence-corrected chi connectivity index (χ3v) is 3.75. The molecule has 3 rings (SSSR count). The SMILES string of the molecule is O=C(Nc1ccncc1Br)C1Cc2ccccc2N1. The van der Waals surface area contributed by atoms with Crippen molar-refractivity contribution in [3.05, 3.63) is 52.8 Å². The van der Waals surface area contributed by atoms with Crippen molar-refractivity contribution < 1.29 is 4.79 Å². The Labute approximate surface area is 119 Å². The number of nitrogens with zero attached hydrogens (tertiary/aromatic N) is 1. The lowest BCUT2D eigenvalue weighted by Crippen LogP contribution is -2.32. The molecule has 1 aliphatic heterocycles. The summed E-state index contributed by atoms with van der Waals surface area (Å²) in [4.78, 5) is 16.2. The van der Waals surface area contributed by atoms with Gasteiger partial charge in [0.05, 0.1) is 10.2 Å². The summed E-state index contributed by atoms with van der Waals surface area (Å²) >= 11 is 3.36. The fourth-order valence-corrected chi connectivity index (χ4v) is 2.50. The number of carbonyl (C=O) groups excluding carboxylic acids is 1. The minimum atomic E-state index is -0.225. The van der Waals surface area contributed by atoms with Gasteiger partial charge in [-0.1, -0.05) is 18.2 Å². The van der Waals surface area contributed by atoms with Crippen molar-refractivity contribution in [1.29, 1.82) is 0 Å². The molecule has 0 spiro atoms. The molecule has 5 heteroatoms. The van der Waals surface area contributed by atoms with Gasteiger partial charge >= 0.3 is 0 Å². The van der Waals surface area contributed by atoms with E-state index < -0.39 is 0 Å². The van der Waals surface area contributed by atoms with E-state index in [1.807, 2.05) is 24.3 Å². The third kappa shape index (κ3) is 2.46. The predicted molar refractivity (Wildman–Crippen MR) is 78.1 cm³/mol. The van der Waals surface area contributed by atoms with Gasteiger partial charge in [0.1, 0.15) is 6.04 Å². The molecule has 1 unspecified atom stereocenters. The molecule has 1 aliphatic rings. The first-order chi connectivity index (χ1) is 9.24. The second-order valence-electron chi connectivity index (χ2n) is 4.40. The molecule has 2 N–H and O–H groups in total. The summed E-state index contributed by atoms with van der Waals surface area (Å²) in [6.07, 6.45) is 4.02. The maximum absolute atomic E-state index is 12.2. The van der Waals surface area contributed by atoms with Crippen molar-refractivity contribution in [2.24, 2.45) is 0 Å². The number of pyridine rings is 1. The van der Waals surface area contributed by atoms with Crippen molar-refractivity contribution in [3.8, 4) is 0 Å². The van der Waals surface area contributed by atoms with Crippen LogP contribution in [0.1, 0.15) is 5.56 Å². The van der Waals surface area contributed by atoms with Crippen LogP contribution in [0.5, 0.6) is 0 Å². The number of hydrogen-bond donors (Lipinski definition) is 2. The Balaban J connectivity index is 1.72. The van der Waals surface area contributed by atoms with Crippen molar-refractivity contribution in [1.82, 2.24) is 4.98 Å². The molecule has 96 valence electrons. The first-order valence-corrected chi connectivity index (χ1v) is 6.78. The Kier molecular flexibility index (Phi) is 3.21. The minimum Gasteiger partial charge on any atom is -0.373 e. The van der Waals surface area contributed by atoms with Gasteiger partial charge in [-0.2, -0.15) is 0 Å². The van der Waals surface area contributed by atoms with E-state index >= 15 is 0 Å². The van der Waals surface area contributed by atoms with Gasteiger partial charge in [-0.3, -0.25) is 9.78 Å². The highest BCUT2D eigenvalue weighted by atomic mass is 79.9. The summed E-state index contributed by atoms with van der Waals surface area (Å²) in [5, 5.41) is 6.13. The van der Waals surface area contributed by atoms with E-state index in [1.165, 1.54) is 5.56 Å². The van der Waals surface area contributed by atoms with Crippen LogP contribution in [0.2, 0.25) is 0 Å². The largest absolute Gasteiger partial charge is 0.373 e. The van der Waals surface area contributed by atoms with Crippen LogP contribution in [0.25, 0.3) is 0 Å². The summed E-state index contributed by atoms with van der Waals surface area (Å²) in [6.45, 7) is 0. The van der Waals surface area contributed by atoms with Gasteiger partial charge in [0.15, 0.2) is 0 Å². The standard InChI is InChI=1S/C14H12BrN3O/c15-10-8-16-6-5-12(10)18-14(19)13-7-9-3-1-2-4-11(9)17-13/h1-6,8,13,17H,7H2,(H,16,18,19). The van der Waals surface area contributed by atoms with Crippen LogP contribution in [0.4, 0.5) is 11.4 Å². The molecule has 1 aromatic carbocycles. The zero-order valence-corrected chi connectivity index (χ0v) is 11.6. The van der Waals surface area contributed by atoms with Gasteiger partial charge in [-0.15, -0.1) is 0 Å². The molecule has 2 heterocycles. The van der Waals surface area contributed by atoms with Gasteiger partial charge in [-0.05, 0) is 33.6 Å². The molecule has 0 saturated heterocycles. The molecule has 19 heavy (non-hydrogen) atoms. The van der Waals surface area contributed by atoms with Crippen LogP contribution in [0.15, 0.2) is 47.2 Å². The molecular formula is C14H12BrN3O. The highest BCUT2D eigenvalue weighted by Gasteiger charge is 2.26. The quantitative estimate of drug-likeness (QED) is 0.895. The third-order valence-electron chi connectivity index (χ3n) is 3.12. The number of fused-ring (bicyclic) bond motifs is 1. The number of halogens is 1. The maximum Gasteiger partial charge on any atom is 0.247 e. The lowest BCUT2D eigenvalue weighted by Gasteiger charge is -2.12. The van der Waals surface area contributed by atoms with E-state index in [9.17, 15) is 4.79 Å². The Hall–Kier alpha value is -1.88. The Morgan fingerprint density at radius 2 is 2.21 bits per heavy atom.